The molecule has 0 aliphatic carbocycles. The molecule has 0 amide bonds. The van der Waals surface area contributed by atoms with Crippen molar-refractivity contribution < 1.29 is 9.73 Å². The van der Waals surface area contributed by atoms with Crippen LogP contribution in [0.3, 0.4) is 0 Å². The first-order valence-electron chi connectivity index (χ1n) is 10.0. The molecule has 0 fully saturated rings. The highest BCUT2D eigenvalue weighted by Gasteiger charge is 2.26. The highest BCUT2D eigenvalue weighted by Crippen LogP contribution is 2.28. The Labute approximate surface area is 179 Å². The van der Waals surface area contributed by atoms with Crippen LogP contribution in [-0.2, 0) is 0 Å². The molecule has 29 heavy (non-hydrogen) atoms. The highest BCUT2D eigenvalue weighted by atomic mass is 32.1. The van der Waals surface area contributed by atoms with Gasteiger partial charge >= 0.3 is 0 Å². The minimum absolute atomic E-state index is 0.0533. The Hall–Kier alpha value is -2.28. The number of quaternary nitrogens is 1. The highest BCUT2D eigenvalue weighted by molar-refractivity contribution is 7.13. The average molecular weight is 425 g/mol. The van der Waals surface area contributed by atoms with Crippen molar-refractivity contribution in [2.24, 2.45) is 0 Å². The van der Waals surface area contributed by atoms with Gasteiger partial charge in [-0.25, -0.2) is 0 Å². The van der Waals surface area contributed by atoms with E-state index in [1.807, 2.05) is 17.5 Å². The predicted molar refractivity (Wildman–Crippen MR) is 119 cm³/mol. The van der Waals surface area contributed by atoms with Crippen LogP contribution in [0.5, 0.6) is 0 Å². The normalized spacial score (nSPS) is 14.6. The van der Waals surface area contributed by atoms with Crippen molar-refractivity contribution in [1.29, 1.82) is 0 Å². The van der Waals surface area contributed by atoms with Gasteiger partial charge in [-0.2, -0.15) is 0 Å². The van der Waals surface area contributed by atoms with Crippen molar-refractivity contribution in [3.8, 4) is 10.8 Å². The van der Waals surface area contributed by atoms with Gasteiger partial charge in [0, 0.05) is 5.56 Å². The van der Waals surface area contributed by atoms with Crippen LogP contribution in [0.25, 0.3) is 10.8 Å². The first kappa shape index (κ1) is 20.0. The monoisotopic (exact) mass is 424 g/mol. The SMILES string of the molecule is CC[C@H](C)c1ccc([C@@H]([NH2+][C@@H](C)c2nnc(-c3cccs3)o2)c2cccs2)cc1. The van der Waals surface area contributed by atoms with E-state index in [2.05, 4.69) is 78.1 Å². The van der Waals surface area contributed by atoms with Crippen molar-refractivity contribution in [2.45, 2.75) is 45.2 Å². The number of aromatic nitrogens is 2. The molecule has 0 saturated heterocycles. The van der Waals surface area contributed by atoms with E-state index in [1.165, 1.54) is 16.0 Å². The number of benzene rings is 1. The fourth-order valence-electron chi connectivity index (χ4n) is 3.40. The minimum atomic E-state index is 0.0533. The van der Waals surface area contributed by atoms with Gasteiger partial charge < -0.3 is 9.73 Å². The molecule has 4 rings (SSSR count). The second-order valence-corrected chi connectivity index (χ2v) is 9.30. The molecular weight excluding hydrogens is 398 g/mol. The lowest BCUT2D eigenvalue weighted by Gasteiger charge is -2.19. The molecule has 0 radical (unpaired) electrons. The molecule has 0 aliphatic rings. The van der Waals surface area contributed by atoms with Gasteiger partial charge in [-0.05, 0) is 47.7 Å². The van der Waals surface area contributed by atoms with E-state index in [4.69, 9.17) is 4.42 Å². The zero-order valence-corrected chi connectivity index (χ0v) is 18.5. The molecule has 4 nitrogen and oxygen atoms in total. The molecule has 4 aromatic rings. The van der Waals surface area contributed by atoms with Gasteiger partial charge in [-0.3, -0.25) is 0 Å². The fraction of sp³-hybridized carbons (Fsp3) is 0.304. The second-order valence-electron chi connectivity index (χ2n) is 7.37. The summed E-state index contributed by atoms with van der Waals surface area (Å²) in [5.74, 6) is 1.84. The lowest BCUT2D eigenvalue weighted by atomic mass is 9.95. The lowest BCUT2D eigenvalue weighted by Crippen LogP contribution is -2.85. The quantitative estimate of drug-likeness (QED) is 0.390. The van der Waals surface area contributed by atoms with E-state index >= 15 is 0 Å². The molecule has 0 unspecified atom stereocenters. The Balaban J connectivity index is 1.56. The summed E-state index contributed by atoms with van der Waals surface area (Å²) >= 11 is 3.40. The average Bonchev–Trinajstić information content (AvgIpc) is 3.52. The number of nitrogens with zero attached hydrogens (tertiary/aromatic N) is 2. The second kappa shape index (κ2) is 9.03. The molecule has 0 saturated carbocycles. The van der Waals surface area contributed by atoms with Crippen molar-refractivity contribution in [1.82, 2.24) is 10.2 Å². The van der Waals surface area contributed by atoms with Crippen LogP contribution in [0, 0.1) is 0 Å². The van der Waals surface area contributed by atoms with E-state index in [1.54, 1.807) is 22.7 Å². The largest absolute Gasteiger partial charge is 0.414 e. The summed E-state index contributed by atoms with van der Waals surface area (Å²) < 4.78 is 5.97. The molecule has 150 valence electrons. The molecule has 0 spiro atoms. The Morgan fingerprint density at radius 2 is 1.66 bits per heavy atom. The van der Waals surface area contributed by atoms with Crippen LogP contribution >= 0.6 is 22.7 Å². The fourth-order valence-corrected chi connectivity index (χ4v) is 4.87. The Bertz CT molecular complexity index is 1010. The van der Waals surface area contributed by atoms with Gasteiger partial charge in [-0.1, -0.05) is 50.2 Å². The van der Waals surface area contributed by atoms with Crippen molar-refractivity contribution >= 4 is 22.7 Å². The maximum Gasteiger partial charge on any atom is 0.274 e. The summed E-state index contributed by atoms with van der Waals surface area (Å²) in [5.41, 5.74) is 2.69. The molecule has 0 aliphatic heterocycles. The standard InChI is InChI=1S/C23H25N3OS2/c1-4-15(2)17-9-11-18(12-10-17)21(19-7-5-13-28-19)24-16(3)22-25-26-23(27-22)20-8-6-14-29-20/h5-16,21,24H,4H2,1-3H3/p+1/t15-,16-,21+/m0/s1. The summed E-state index contributed by atoms with van der Waals surface area (Å²) in [5, 5.41) is 15.0. The summed E-state index contributed by atoms with van der Waals surface area (Å²) in [6, 6.07) is 17.6. The zero-order valence-electron chi connectivity index (χ0n) is 16.9. The first-order chi connectivity index (χ1) is 14.2. The van der Waals surface area contributed by atoms with Gasteiger partial charge in [0.2, 0.25) is 0 Å². The lowest BCUT2D eigenvalue weighted by molar-refractivity contribution is -0.725. The molecular formula is C23H26N3OS2+. The van der Waals surface area contributed by atoms with Crippen molar-refractivity contribution in [3.05, 3.63) is 81.2 Å². The van der Waals surface area contributed by atoms with Crippen LogP contribution in [0.4, 0.5) is 0 Å². The van der Waals surface area contributed by atoms with Crippen LogP contribution in [-0.4, -0.2) is 10.2 Å². The zero-order chi connectivity index (χ0) is 20.2. The third-order valence-corrected chi connectivity index (χ3v) is 7.18. The predicted octanol–water partition coefficient (Wildman–Crippen LogP) is 5.79. The van der Waals surface area contributed by atoms with Crippen molar-refractivity contribution in [2.75, 3.05) is 0 Å². The molecule has 3 atom stereocenters. The van der Waals surface area contributed by atoms with Gasteiger partial charge in [0.05, 0.1) is 9.75 Å². The third-order valence-electron chi connectivity index (χ3n) is 5.37. The van der Waals surface area contributed by atoms with E-state index in [0.29, 0.717) is 17.7 Å². The number of hydrogen-bond donors (Lipinski definition) is 1. The number of rotatable bonds is 8. The smallest absolute Gasteiger partial charge is 0.274 e. The van der Waals surface area contributed by atoms with E-state index in [9.17, 15) is 0 Å². The van der Waals surface area contributed by atoms with Crippen LogP contribution < -0.4 is 5.32 Å². The Kier molecular flexibility index (Phi) is 6.23. The number of nitrogens with two attached hydrogens (primary N) is 1. The van der Waals surface area contributed by atoms with Gasteiger partial charge in [-0.15, -0.1) is 32.9 Å². The molecule has 0 bridgehead atoms. The Morgan fingerprint density at radius 1 is 0.931 bits per heavy atom. The van der Waals surface area contributed by atoms with Crippen LogP contribution in [0.2, 0.25) is 0 Å². The topological polar surface area (TPSA) is 55.5 Å². The summed E-state index contributed by atoms with van der Waals surface area (Å²) in [4.78, 5) is 2.33. The van der Waals surface area contributed by atoms with Crippen LogP contribution in [0.15, 0.2) is 63.7 Å². The van der Waals surface area contributed by atoms with E-state index in [-0.39, 0.29) is 12.1 Å². The maximum atomic E-state index is 5.97. The van der Waals surface area contributed by atoms with Gasteiger partial charge in [0.25, 0.3) is 11.8 Å². The Morgan fingerprint density at radius 3 is 2.31 bits per heavy atom. The third kappa shape index (κ3) is 4.50. The molecule has 6 heteroatoms. The summed E-state index contributed by atoms with van der Waals surface area (Å²) in [6.45, 7) is 6.64. The summed E-state index contributed by atoms with van der Waals surface area (Å²) in [7, 11) is 0. The van der Waals surface area contributed by atoms with E-state index < -0.39 is 0 Å². The summed E-state index contributed by atoms with van der Waals surface area (Å²) in [6.07, 6.45) is 1.15. The number of hydrogen-bond acceptors (Lipinski definition) is 5. The minimum Gasteiger partial charge on any atom is -0.414 e. The van der Waals surface area contributed by atoms with Gasteiger partial charge in [0.15, 0.2) is 6.04 Å². The molecule has 1 aromatic carbocycles. The van der Waals surface area contributed by atoms with Crippen molar-refractivity contribution in [3.63, 3.8) is 0 Å². The molecule has 3 aromatic heterocycles. The van der Waals surface area contributed by atoms with Gasteiger partial charge in [0.1, 0.15) is 6.04 Å². The molecule has 2 N–H and O–H groups in total. The van der Waals surface area contributed by atoms with E-state index in [0.717, 1.165) is 11.3 Å². The molecule has 3 heterocycles. The van der Waals surface area contributed by atoms with Crippen LogP contribution in [0.1, 0.15) is 67.1 Å². The maximum absolute atomic E-state index is 5.97. The first-order valence-corrected chi connectivity index (χ1v) is 11.8. The number of thiophene rings is 2.